The Bertz CT molecular complexity index is 1480. The number of pyridine rings is 1. The number of aliphatic hydroxyl groups excluding tert-OH is 1. The van der Waals surface area contributed by atoms with Gasteiger partial charge in [-0.1, -0.05) is 0 Å². The summed E-state index contributed by atoms with van der Waals surface area (Å²) in [5, 5.41) is 24.2. The topological polar surface area (TPSA) is 168 Å². The van der Waals surface area contributed by atoms with Crippen LogP contribution in [0.1, 0.15) is 29.8 Å². The number of aromatic nitrogens is 3. The summed E-state index contributed by atoms with van der Waals surface area (Å²) < 4.78 is 11.0. The minimum absolute atomic E-state index is 0.0913. The number of anilines is 2. The fourth-order valence-corrected chi connectivity index (χ4v) is 4.53. The van der Waals surface area contributed by atoms with Gasteiger partial charge >= 0.3 is 0 Å². The van der Waals surface area contributed by atoms with E-state index in [-0.39, 0.29) is 12.5 Å². The number of rotatable bonds is 16. The van der Waals surface area contributed by atoms with Gasteiger partial charge in [0.25, 0.3) is 5.91 Å². The lowest BCUT2D eigenvalue weighted by Crippen LogP contribution is -2.29. The summed E-state index contributed by atoms with van der Waals surface area (Å²) in [7, 11) is 3.21. The summed E-state index contributed by atoms with van der Waals surface area (Å²) >= 11 is 0. The first-order chi connectivity index (χ1) is 20.9. The van der Waals surface area contributed by atoms with Crippen LogP contribution >= 0.6 is 0 Å². The molecule has 43 heavy (non-hydrogen) atoms. The number of nitrogens with one attached hydrogen (secondary N) is 2. The summed E-state index contributed by atoms with van der Waals surface area (Å²) in [6.45, 7) is 2.41. The molecule has 4 aromatic rings. The standard InChI is InChI=1S/C31H39N7O5/c1-42-24-15-23(16-25(18-24)43-2)38(13-5-10-33-20-30(39)40)22-6-7-26-27(17-22)37-29(19-36-26)21-8-12-34-28(14-21)31(41)35-11-4-3-9-32/h6-8,12,14-19,30,33,39-40H,3-5,9-11,13,20,32H2,1-2H3,(H,35,41). The summed E-state index contributed by atoms with van der Waals surface area (Å²) in [5.74, 6) is 1.06. The number of hydrogen-bond acceptors (Lipinski definition) is 11. The quantitative estimate of drug-likeness (QED) is 0.0962. The van der Waals surface area contributed by atoms with Crippen molar-refractivity contribution in [1.29, 1.82) is 0 Å². The number of amides is 1. The van der Waals surface area contributed by atoms with Crippen LogP contribution in [0.5, 0.6) is 11.5 Å². The van der Waals surface area contributed by atoms with Gasteiger partial charge in [0.1, 0.15) is 17.2 Å². The highest BCUT2D eigenvalue weighted by Gasteiger charge is 2.15. The van der Waals surface area contributed by atoms with Gasteiger partial charge in [0.15, 0.2) is 6.29 Å². The minimum Gasteiger partial charge on any atom is -0.497 e. The van der Waals surface area contributed by atoms with Crippen molar-refractivity contribution < 1.29 is 24.5 Å². The number of unbranched alkanes of at least 4 members (excludes halogenated alkanes) is 1. The van der Waals surface area contributed by atoms with Crippen LogP contribution in [0.2, 0.25) is 0 Å². The lowest BCUT2D eigenvalue weighted by molar-refractivity contribution is -0.0370. The zero-order chi connectivity index (χ0) is 30.6. The van der Waals surface area contributed by atoms with Crippen molar-refractivity contribution in [3.63, 3.8) is 0 Å². The van der Waals surface area contributed by atoms with Gasteiger partial charge in [0.05, 0.1) is 37.1 Å². The third-order valence-electron chi connectivity index (χ3n) is 6.75. The SMILES string of the molecule is COc1cc(OC)cc(N(CCCNCC(O)O)c2ccc3ncc(-c4ccnc(C(=O)NCCCCN)c4)nc3c2)c1. The van der Waals surface area contributed by atoms with E-state index < -0.39 is 6.29 Å². The van der Waals surface area contributed by atoms with Gasteiger partial charge in [-0.15, -0.1) is 0 Å². The van der Waals surface area contributed by atoms with E-state index in [2.05, 4.69) is 25.5 Å². The molecule has 12 heteroatoms. The van der Waals surface area contributed by atoms with Crippen molar-refractivity contribution >= 4 is 28.3 Å². The van der Waals surface area contributed by atoms with E-state index in [1.807, 2.05) is 36.4 Å². The molecule has 1 amide bonds. The smallest absolute Gasteiger partial charge is 0.269 e. The molecule has 0 aliphatic rings. The molecule has 6 N–H and O–H groups in total. The van der Waals surface area contributed by atoms with Crippen LogP contribution in [-0.2, 0) is 0 Å². The van der Waals surface area contributed by atoms with Gasteiger partial charge in [-0.25, -0.2) is 4.98 Å². The Labute approximate surface area is 250 Å². The molecule has 0 saturated carbocycles. The van der Waals surface area contributed by atoms with Gasteiger partial charge in [-0.2, -0.15) is 0 Å². The monoisotopic (exact) mass is 589 g/mol. The fourth-order valence-electron chi connectivity index (χ4n) is 4.53. The Hall–Kier alpha value is -4.36. The van der Waals surface area contributed by atoms with E-state index in [4.69, 9.17) is 30.4 Å². The lowest BCUT2D eigenvalue weighted by Gasteiger charge is -2.26. The maximum atomic E-state index is 12.6. The number of benzene rings is 2. The van der Waals surface area contributed by atoms with Crippen LogP contribution in [0.25, 0.3) is 22.3 Å². The van der Waals surface area contributed by atoms with Crippen molar-refractivity contribution in [3.8, 4) is 22.8 Å². The molecule has 12 nitrogen and oxygen atoms in total. The van der Waals surface area contributed by atoms with Gasteiger partial charge in [0, 0.05) is 61.0 Å². The van der Waals surface area contributed by atoms with Crippen molar-refractivity contribution in [1.82, 2.24) is 25.6 Å². The number of hydrogen-bond donors (Lipinski definition) is 5. The van der Waals surface area contributed by atoms with E-state index in [1.165, 1.54) is 0 Å². The summed E-state index contributed by atoms with van der Waals surface area (Å²) in [6.07, 6.45) is 4.24. The molecule has 0 unspecified atom stereocenters. The summed E-state index contributed by atoms with van der Waals surface area (Å²) in [5.41, 5.74) is 10.3. The number of aliphatic hydroxyl groups is 2. The third-order valence-corrected chi connectivity index (χ3v) is 6.75. The van der Waals surface area contributed by atoms with Crippen LogP contribution in [0.3, 0.4) is 0 Å². The van der Waals surface area contributed by atoms with Gasteiger partial charge in [-0.3, -0.25) is 14.8 Å². The average molecular weight is 590 g/mol. The molecule has 0 aliphatic heterocycles. The highest BCUT2D eigenvalue weighted by atomic mass is 16.5. The molecular formula is C31H39N7O5. The van der Waals surface area contributed by atoms with Crippen LogP contribution in [0.15, 0.2) is 60.9 Å². The first kappa shape index (κ1) is 31.6. The molecule has 2 aromatic heterocycles. The maximum Gasteiger partial charge on any atom is 0.269 e. The molecular weight excluding hydrogens is 550 g/mol. The van der Waals surface area contributed by atoms with Crippen molar-refractivity contribution in [3.05, 3.63) is 66.6 Å². The minimum atomic E-state index is -1.40. The Morgan fingerprint density at radius 3 is 2.44 bits per heavy atom. The Morgan fingerprint density at radius 2 is 1.72 bits per heavy atom. The van der Waals surface area contributed by atoms with E-state index in [0.29, 0.717) is 61.0 Å². The fraction of sp³-hybridized carbons (Fsp3) is 0.355. The van der Waals surface area contributed by atoms with Crippen molar-refractivity contribution in [2.24, 2.45) is 5.73 Å². The number of methoxy groups -OCH3 is 2. The van der Waals surface area contributed by atoms with E-state index in [0.717, 1.165) is 35.3 Å². The first-order valence-electron chi connectivity index (χ1n) is 14.2. The molecule has 4 rings (SSSR count). The summed E-state index contributed by atoms with van der Waals surface area (Å²) in [6, 6.07) is 15.0. The molecule has 0 fully saturated rings. The van der Waals surface area contributed by atoms with Gasteiger partial charge in [-0.05, 0) is 62.7 Å². The summed E-state index contributed by atoms with van der Waals surface area (Å²) in [4.78, 5) is 28.5. The molecule has 0 bridgehead atoms. The Kier molecular flexibility index (Phi) is 11.6. The number of carbonyl (C=O) groups excluding carboxylic acids is 1. The molecule has 0 saturated heterocycles. The third kappa shape index (κ3) is 8.82. The molecule has 2 heterocycles. The first-order valence-corrected chi connectivity index (χ1v) is 14.2. The number of nitrogens with zero attached hydrogens (tertiary/aromatic N) is 4. The largest absolute Gasteiger partial charge is 0.497 e. The average Bonchev–Trinajstić information content (AvgIpc) is 3.03. The number of fused-ring (bicyclic) bond motifs is 1. The number of nitrogens with two attached hydrogens (primary N) is 1. The van der Waals surface area contributed by atoms with Crippen molar-refractivity contribution in [2.75, 3.05) is 51.8 Å². The van der Waals surface area contributed by atoms with Crippen LogP contribution in [-0.4, -0.2) is 84.3 Å². The highest BCUT2D eigenvalue weighted by Crippen LogP contribution is 2.34. The van der Waals surface area contributed by atoms with Gasteiger partial charge < -0.3 is 41.0 Å². The second kappa shape index (κ2) is 15.8. The normalized spacial score (nSPS) is 11.1. The number of carbonyl (C=O) groups is 1. The van der Waals surface area contributed by atoms with E-state index in [1.54, 1.807) is 38.7 Å². The van der Waals surface area contributed by atoms with Crippen molar-refractivity contribution in [2.45, 2.75) is 25.6 Å². The molecule has 0 atom stereocenters. The van der Waals surface area contributed by atoms with Gasteiger partial charge in [0.2, 0.25) is 0 Å². The van der Waals surface area contributed by atoms with Crippen LogP contribution in [0.4, 0.5) is 11.4 Å². The molecule has 0 radical (unpaired) electrons. The molecule has 0 spiro atoms. The Morgan fingerprint density at radius 1 is 0.930 bits per heavy atom. The van der Waals surface area contributed by atoms with E-state index >= 15 is 0 Å². The second-order valence-corrected chi connectivity index (χ2v) is 9.87. The van der Waals surface area contributed by atoms with Crippen LogP contribution in [0, 0.1) is 0 Å². The van der Waals surface area contributed by atoms with E-state index in [9.17, 15) is 4.79 Å². The predicted octanol–water partition coefficient (Wildman–Crippen LogP) is 2.61. The molecule has 228 valence electrons. The molecule has 0 aliphatic carbocycles. The molecule has 2 aromatic carbocycles. The zero-order valence-corrected chi connectivity index (χ0v) is 24.5. The van der Waals surface area contributed by atoms with Crippen LogP contribution < -0.4 is 30.7 Å². The number of ether oxygens (including phenoxy) is 2. The zero-order valence-electron chi connectivity index (χ0n) is 24.5. The second-order valence-electron chi connectivity index (χ2n) is 9.87. The maximum absolute atomic E-state index is 12.6. The lowest BCUT2D eigenvalue weighted by atomic mass is 10.1. The Balaban J connectivity index is 1.63. The predicted molar refractivity (Wildman–Crippen MR) is 166 cm³/mol. The highest BCUT2D eigenvalue weighted by molar-refractivity contribution is 5.93.